The number of piperidine rings is 1. The van der Waals surface area contributed by atoms with Crippen LogP contribution in [0.5, 0.6) is 0 Å². The fraction of sp³-hybridized carbons (Fsp3) is 0.424. The number of carbonyl (C=O) groups excluding carboxylic acids is 2. The zero-order valence-electron chi connectivity index (χ0n) is 25.0. The fourth-order valence-electron chi connectivity index (χ4n) is 5.36. The first-order valence-corrected chi connectivity index (χ1v) is 14.2. The highest BCUT2D eigenvalue weighted by Gasteiger charge is 2.30. The van der Waals surface area contributed by atoms with Crippen LogP contribution in [0.3, 0.4) is 0 Å². The van der Waals surface area contributed by atoms with Crippen molar-refractivity contribution in [3.63, 3.8) is 0 Å². The second-order valence-electron chi connectivity index (χ2n) is 12.0. The largest absolute Gasteiger partial charge is 0.463 e. The van der Waals surface area contributed by atoms with Crippen LogP contribution >= 0.6 is 0 Å². The van der Waals surface area contributed by atoms with Gasteiger partial charge >= 0.3 is 5.97 Å². The minimum absolute atomic E-state index is 0.0938. The summed E-state index contributed by atoms with van der Waals surface area (Å²) in [4.78, 5) is 32.7. The molecule has 9 heteroatoms. The van der Waals surface area contributed by atoms with Crippen molar-refractivity contribution in [2.75, 3.05) is 18.0 Å². The summed E-state index contributed by atoms with van der Waals surface area (Å²) in [7, 11) is 0. The lowest BCUT2D eigenvalue weighted by molar-refractivity contribution is -0.146. The molecule has 1 amide bonds. The van der Waals surface area contributed by atoms with Crippen LogP contribution < -0.4 is 10.2 Å². The van der Waals surface area contributed by atoms with E-state index in [1.165, 1.54) is 0 Å². The number of rotatable bonds is 8. The molecule has 2 heterocycles. The molecule has 1 aromatic heterocycles. The van der Waals surface area contributed by atoms with Gasteiger partial charge in [0.2, 0.25) is 0 Å². The summed E-state index contributed by atoms with van der Waals surface area (Å²) in [5, 5.41) is 2.50. The molecule has 0 unspecified atom stereocenters. The predicted molar refractivity (Wildman–Crippen MR) is 157 cm³/mol. The molecule has 1 aliphatic heterocycles. The maximum atomic E-state index is 14.0. The molecule has 42 heavy (non-hydrogen) atoms. The van der Waals surface area contributed by atoms with Gasteiger partial charge in [-0.05, 0) is 63.6 Å². The summed E-state index contributed by atoms with van der Waals surface area (Å²) >= 11 is 0. The summed E-state index contributed by atoms with van der Waals surface area (Å²) < 4.78 is 46.7. The monoisotopic (exact) mass is 581 g/mol. The smallest absolute Gasteiger partial charge is 0.310 e. The van der Waals surface area contributed by atoms with Crippen LogP contribution in [0.4, 0.5) is 18.9 Å². The van der Waals surface area contributed by atoms with E-state index < -0.39 is 35.5 Å². The Morgan fingerprint density at radius 1 is 0.976 bits per heavy atom. The number of amides is 1. The summed E-state index contributed by atoms with van der Waals surface area (Å²) in [5.74, 6) is -3.99. The summed E-state index contributed by atoms with van der Waals surface area (Å²) in [6.07, 6.45) is 1.86. The Kier molecular flexibility index (Phi) is 9.28. The first kappa shape index (κ1) is 31.1. The number of carbonyl (C=O) groups is 2. The van der Waals surface area contributed by atoms with Crippen LogP contribution in [0.1, 0.15) is 73.4 Å². The normalized spacial score (nSPS) is 14.7. The number of aryl methyl sites for hydroxylation is 2. The van der Waals surface area contributed by atoms with E-state index in [4.69, 9.17) is 9.72 Å². The molecule has 0 aliphatic carbocycles. The molecule has 224 valence electrons. The van der Waals surface area contributed by atoms with E-state index in [9.17, 15) is 22.8 Å². The van der Waals surface area contributed by atoms with Gasteiger partial charge in [-0.2, -0.15) is 0 Å². The third kappa shape index (κ3) is 7.12. The highest BCUT2D eigenvalue weighted by molar-refractivity contribution is 5.95. The Hall–Kier alpha value is -3.88. The molecule has 0 saturated carbocycles. The molecule has 1 aliphatic rings. The zero-order valence-corrected chi connectivity index (χ0v) is 25.0. The Morgan fingerprint density at radius 2 is 1.57 bits per heavy atom. The standard InChI is InChI=1S/C33H38F3N3O3/c1-19(2)42-29(40)17-25-20(3)38-21(4)30(31(25)39-13-11-33(5,6)12-14-39)22-7-9-23(10-8-22)32(41)37-18-26-27(35)15-24(34)16-28(26)36/h7-10,15-16,19H,11-14,17-18H2,1-6H3,(H,37,41). The van der Waals surface area contributed by atoms with Crippen LogP contribution in [-0.2, 0) is 22.5 Å². The van der Waals surface area contributed by atoms with Crippen LogP contribution in [-0.4, -0.2) is 36.1 Å². The first-order valence-electron chi connectivity index (χ1n) is 14.2. The summed E-state index contributed by atoms with van der Waals surface area (Å²) in [6, 6.07) is 8.04. The molecule has 0 bridgehead atoms. The zero-order chi connectivity index (χ0) is 30.8. The Bertz CT molecular complexity index is 1450. The molecule has 4 rings (SSSR count). The van der Waals surface area contributed by atoms with Crippen molar-refractivity contribution in [3.05, 3.63) is 81.9 Å². The number of halogens is 3. The van der Waals surface area contributed by atoms with Crippen LogP contribution in [0.15, 0.2) is 36.4 Å². The van der Waals surface area contributed by atoms with Gasteiger partial charge in [0.15, 0.2) is 0 Å². The van der Waals surface area contributed by atoms with Crippen LogP contribution in [0.25, 0.3) is 11.1 Å². The molecular formula is C33H38F3N3O3. The second kappa shape index (κ2) is 12.5. The van der Waals surface area contributed by atoms with Gasteiger partial charge in [0, 0.05) is 65.4 Å². The Balaban J connectivity index is 1.67. The number of aromatic nitrogens is 1. The lowest BCUT2D eigenvalue weighted by Crippen LogP contribution is -2.38. The van der Waals surface area contributed by atoms with Crippen LogP contribution in [0.2, 0.25) is 0 Å². The number of esters is 1. The Labute approximate surface area is 245 Å². The van der Waals surface area contributed by atoms with Gasteiger partial charge in [-0.3, -0.25) is 14.6 Å². The van der Waals surface area contributed by atoms with Crippen LogP contribution in [0, 0.1) is 36.7 Å². The third-order valence-electron chi connectivity index (χ3n) is 7.75. The van der Waals surface area contributed by atoms with E-state index >= 15 is 0 Å². The minimum atomic E-state index is -1.06. The van der Waals surface area contributed by atoms with Gasteiger partial charge in [0.25, 0.3) is 5.91 Å². The van der Waals surface area contributed by atoms with E-state index in [1.807, 2.05) is 27.7 Å². The molecule has 1 fully saturated rings. The topological polar surface area (TPSA) is 71.5 Å². The van der Waals surface area contributed by atoms with E-state index in [-0.39, 0.29) is 23.9 Å². The Morgan fingerprint density at radius 3 is 2.14 bits per heavy atom. The van der Waals surface area contributed by atoms with Gasteiger partial charge in [-0.15, -0.1) is 0 Å². The molecule has 1 N–H and O–H groups in total. The lowest BCUT2D eigenvalue weighted by Gasteiger charge is -2.40. The van der Waals surface area contributed by atoms with E-state index in [2.05, 4.69) is 24.1 Å². The van der Waals surface area contributed by atoms with Crippen molar-refractivity contribution in [1.82, 2.24) is 10.3 Å². The van der Waals surface area contributed by atoms with Crippen molar-refractivity contribution >= 4 is 17.6 Å². The third-order valence-corrected chi connectivity index (χ3v) is 7.75. The van der Waals surface area contributed by atoms with Crippen molar-refractivity contribution in [3.8, 4) is 11.1 Å². The second-order valence-corrected chi connectivity index (χ2v) is 12.0. The molecule has 1 saturated heterocycles. The minimum Gasteiger partial charge on any atom is -0.463 e. The van der Waals surface area contributed by atoms with Gasteiger partial charge in [-0.25, -0.2) is 13.2 Å². The van der Waals surface area contributed by atoms with E-state index in [0.717, 1.165) is 59.7 Å². The maximum absolute atomic E-state index is 14.0. The van der Waals surface area contributed by atoms with Crippen molar-refractivity contribution in [1.29, 1.82) is 0 Å². The van der Waals surface area contributed by atoms with Gasteiger partial charge < -0.3 is 15.0 Å². The first-order chi connectivity index (χ1) is 19.8. The predicted octanol–water partition coefficient (Wildman–Crippen LogP) is 6.83. The lowest BCUT2D eigenvalue weighted by atomic mass is 9.82. The molecule has 0 atom stereocenters. The average molecular weight is 582 g/mol. The van der Waals surface area contributed by atoms with E-state index in [1.54, 1.807) is 24.3 Å². The molecule has 2 aromatic carbocycles. The number of benzene rings is 2. The van der Waals surface area contributed by atoms with Gasteiger partial charge in [0.1, 0.15) is 17.5 Å². The van der Waals surface area contributed by atoms with Crippen molar-refractivity contribution in [2.24, 2.45) is 5.41 Å². The van der Waals surface area contributed by atoms with E-state index in [0.29, 0.717) is 17.7 Å². The number of hydrogen-bond donors (Lipinski definition) is 1. The summed E-state index contributed by atoms with van der Waals surface area (Å²) in [5.41, 5.74) is 5.16. The highest BCUT2D eigenvalue weighted by Crippen LogP contribution is 2.41. The number of nitrogens with one attached hydrogen (secondary N) is 1. The van der Waals surface area contributed by atoms with Crippen molar-refractivity contribution in [2.45, 2.75) is 73.5 Å². The molecule has 3 aromatic rings. The number of nitrogens with zero attached hydrogens (tertiary/aromatic N) is 2. The summed E-state index contributed by atoms with van der Waals surface area (Å²) in [6.45, 7) is 13.2. The molecular weight excluding hydrogens is 543 g/mol. The number of ether oxygens (including phenoxy) is 1. The maximum Gasteiger partial charge on any atom is 0.310 e. The van der Waals surface area contributed by atoms with Crippen molar-refractivity contribution < 1.29 is 27.5 Å². The molecule has 0 radical (unpaired) electrons. The quantitative estimate of drug-likeness (QED) is 0.295. The fourth-order valence-corrected chi connectivity index (χ4v) is 5.36. The van der Waals surface area contributed by atoms with Gasteiger partial charge in [0.05, 0.1) is 18.2 Å². The molecule has 0 spiro atoms. The van der Waals surface area contributed by atoms with Gasteiger partial charge in [-0.1, -0.05) is 26.0 Å². The number of hydrogen-bond acceptors (Lipinski definition) is 5. The SMILES string of the molecule is Cc1nc(C)c(-c2ccc(C(=O)NCc3c(F)cc(F)cc3F)cc2)c(N2CCC(C)(C)CC2)c1CC(=O)OC(C)C. The average Bonchev–Trinajstić information content (AvgIpc) is 2.89. The highest BCUT2D eigenvalue weighted by atomic mass is 19.1. The molecule has 6 nitrogen and oxygen atoms in total. The number of anilines is 1. The number of pyridine rings is 1.